The second kappa shape index (κ2) is 9.19. The number of thioether (sulfide) groups is 1. The highest BCUT2D eigenvalue weighted by atomic mass is 32.2. The lowest BCUT2D eigenvalue weighted by molar-refractivity contribution is -0.384. The fourth-order valence-electron chi connectivity index (χ4n) is 2.53. The second-order valence-corrected chi connectivity index (χ2v) is 7.79. The molecule has 0 bridgehead atoms. The Balaban J connectivity index is 2.07. The number of rotatable bonds is 7. The summed E-state index contributed by atoms with van der Waals surface area (Å²) in [7, 11) is 0. The Morgan fingerprint density at radius 2 is 1.74 bits per heavy atom. The molecule has 0 aliphatic carbocycles. The van der Waals surface area contributed by atoms with Crippen LogP contribution in [-0.2, 0) is 11.3 Å². The number of amides is 1. The zero-order chi connectivity index (χ0) is 20.0. The highest BCUT2D eigenvalue weighted by molar-refractivity contribution is 8.00. The summed E-state index contributed by atoms with van der Waals surface area (Å²) in [6, 6.07) is 15.5. The van der Waals surface area contributed by atoms with Gasteiger partial charge in [-0.3, -0.25) is 14.9 Å². The molecule has 0 saturated carbocycles. The lowest BCUT2D eigenvalue weighted by Crippen LogP contribution is -2.40. The molecule has 1 amide bonds. The van der Waals surface area contributed by atoms with Gasteiger partial charge in [-0.15, -0.1) is 11.8 Å². The van der Waals surface area contributed by atoms with Crippen molar-refractivity contribution in [3.63, 3.8) is 0 Å². The predicted octanol–water partition coefficient (Wildman–Crippen LogP) is 4.38. The minimum Gasteiger partial charge on any atom is -0.335 e. The zero-order valence-corrected chi connectivity index (χ0v) is 16.3. The first-order valence-corrected chi connectivity index (χ1v) is 9.40. The largest absolute Gasteiger partial charge is 0.335 e. The van der Waals surface area contributed by atoms with Crippen molar-refractivity contribution >= 4 is 23.4 Å². The minimum absolute atomic E-state index is 0.00212. The highest BCUT2D eigenvalue weighted by Crippen LogP contribution is 2.27. The molecule has 2 aromatic carbocycles. The number of nitro benzene ring substituents is 1. The average molecular weight is 383 g/mol. The zero-order valence-electron chi connectivity index (χ0n) is 15.5. The maximum absolute atomic E-state index is 12.9. The van der Waals surface area contributed by atoms with Gasteiger partial charge in [-0.05, 0) is 50.6 Å². The third-order valence-electron chi connectivity index (χ3n) is 4.05. The topological polar surface area (TPSA) is 87.2 Å². The van der Waals surface area contributed by atoms with Crippen LogP contribution in [0, 0.1) is 21.4 Å². The molecule has 0 spiro atoms. The van der Waals surface area contributed by atoms with Crippen LogP contribution in [0.25, 0.3) is 0 Å². The van der Waals surface area contributed by atoms with E-state index in [-0.39, 0.29) is 22.9 Å². The van der Waals surface area contributed by atoms with E-state index in [0.717, 1.165) is 10.5 Å². The molecule has 27 heavy (non-hydrogen) atoms. The maximum atomic E-state index is 12.9. The van der Waals surface area contributed by atoms with Crippen molar-refractivity contribution in [2.45, 2.75) is 43.5 Å². The fourth-order valence-corrected chi connectivity index (χ4v) is 3.47. The first kappa shape index (κ1) is 20.5. The van der Waals surface area contributed by atoms with Crippen LogP contribution in [0.1, 0.15) is 31.9 Å². The van der Waals surface area contributed by atoms with Gasteiger partial charge in [0.05, 0.1) is 21.8 Å². The fraction of sp³-hybridized carbons (Fsp3) is 0.300. The van der Waals surface area contributed by atoms with Gasteiger partial charge in [0, 0.05) is 29.6 Å². The molecule has 6 nitrogen and oxygen atoms in total. The average Bonchev–Trinajstić information content (AvgIpc) is 2.66. The Labute approximate surface area is 162 Å². The quantitative estimate of drug-likeness (QED) is 0.402. The summed E-state index contributed by atoms with van der Waals surface area (Å²) in [5.41, 5.74) is 1.58. The monoisotopic (exact) mass is 383 g/mol. The van der Waals surface area contributed by atoms with Gasteiger partial charge in [0.2, 0.25) is 5.91 Å². The van der Waals surface area contributed by atoms with Crippen molar-refractivity contribution in [1.29, 1.82) is 5.26 Å². The number of carbonyl (C=O) groups excluding carboxylic acids is 1. The van der Waals surface area contributed by atoms with Gasteiger partial charge in [0.1, 0.15) is 0 Å². The number of nitro groups is 1. The van der Waals surface area contributed by atoms with Crippen LogP contribution < -0.4 is 0 Å². The molecule has 1 unspecified atom stereocenters. The van der Waals surface area contributed by atoms with Crippen LogP contribution in [0.3, 0.4) is 0 Å². The SMILES string of the molecule is CC(Sc1ccc([N+](=O)[O-])cc1)C(=O)N(Cc1ccc(C#N)cc1)C(C)C. The molecular weight excluding hydrogens is 362 g/mol. The van der Waals surface area contributed by atoms with E-state index in [1.54, 1.807) is 29.2 Å². The highest BCUT2D eigenvalue weighted by Gasteiger charge is 2.24. The Bertz CT molecular complexity index is 842. The molecule has 0 heterocycles. The first-order chi connectivity index (χ1) is 12.8. The summed E-state index contributed by atoms with van der Waals surface area (Å²) >= 11 is 1.38. The molecule has 0 N–H and O–H groups in total. The third-order valence-corrected chi connectivity index (χ3v) is 5.15. The van der Waals surface area contributed by atoms with Crippen molar-refractivity contribution in [2.24, 2.45) is 0 Å². The van der Waals surface area contributed by atoms with Crippen molar-refractivity contribution in [1.82, 2.24) is 4.90 Å². The van der Waals surface area contributed by atoms with E-state index in [0.29, 0.717) is 12.1 Å². The van der Waals surface area contributed by atoms with E-state index in [1.807, 2.05) is 32.9 Å². The van der Waals surface area contributed by atoms with Crippen molar-refractivity contribution in [3.05, 3.63) is 69.8 Å². The van der Waals surface area contributed by atoms with E-state index >= 15 is 0 Å². The molecule has 2 rings (SSSR count). The van der Waals surface area contributed by atoms with E-state index in [9.17, 15) is 14.9 Å². The molecule has 7 heteroatoms. The molecule has 0 aliphatic heterocycles. The molecule has 0 saturated heterocycles. The molecule has 0 radical (unpaired) electrons. The van der Waals surface area contributed by atoms with E-state index < -0.39 is 4.92 Å². The van der Waals surface area contributed by atoms with Crippen LogP contribution >= 0.6 is 11.8 Å². The summed E-state index contributed by atoms with van der Waals surface area (Å²) in [6.45, 7) is 6.23. The summed E-state index contributed by atoms with van der Waals surface area (Å²) in [5, 5.41) is 19.3. The summed E-state index contributed by atoms with van der Waals surface area (Å²) < 4.78 is 0. The van der Waals surface area contributed by atoms with Gasteiger partial charge in [-0.2, -0.15) is 5.26 Å². The number of carbonyl (C=O) groups is 1. The van der Waals surface area contributed by atoms with E-state index in [1.165, 1.54) is 23.9 Å². The Hall–Kier alpha value is -2.85. The smallest absolute Gasteiger partial charge is 0.269 e. The van der Waals surface area contributed by atoms with Gasteiger partial charge < -0.3 is 4.90 Å². The van der Waals surface area contributed by atoms with Crippen LogP contribution in [0.4, 0.5) is 5.69 Å². The van der Waals surface area contributed by atoms with Crippen LogP contribution in [0.5, 0.6) is 0 Å². The normalized spacial score (nSPS) is 11.7. The molecule has 140 valence electrons. The number of benzene rings is 2. The molecule has 0 aliphatic rings. The number of hydrogen-bond acceptors (Lipinski definition) is 5. The van der Waals surface area contributed by atoms with Crippen molar-refractivity contribution in [2.75, 3.05) is 0 Å². The predicted molar refractivity (Wildman–Crippen MR) is 105 cm³/mol. The van der Waals surface area contributed by atoms with Crippen molar-refractivity contribution in [3.8, 4) is 6.07 Å². The Morgan fingerprint density at radius 1 is 1.15 bits per heavy atom. The van der Waals surface area contributed by atoms with E-state index in [2.05, 4.69) is 6.07 Å². The Morgan fingerprint density at radius 3 is 2.22 bits per heavy atom. The Kier molecular flexibility index (Phi) is 6.97. The standard InChI is InChI=1S/C20H21N3O3S/c1-14(2)22(13-17-6-4-16(12-21)5-7-17)20(24)15(3)27-19-10-8-18(9-11-19)23(25)26/h4-11,14-15H,13H2,1-3H3. The number of hydrogen-bond donors (Lipinski definition) is 0. The second-order valence-electron chi connectivity index (χ2n) is 6.38. The van der Waals surface area contributed by atoms with Gasteiger partial charge in [-0.1, -0.05) is 12.1 Å². The molecule has 2 aromatic rings. The lowest BCUT2D eigenvalue weighted by Gasteiger charge is -2.29. The number of nitriles is 1. The molecule has 0 aromatic heterocycles. The molecule has 1 atom stereocenters. The van der Waals surface area contributed by atoms with Crippen molar-refractivity contribution < 1.29 is 9.72 Å². The van der Waals surface area contributed by atoms with Crippen LogP contribution in [-0.4, -0.2) is 27.0 Å². The van der Waals surface area contributed by atoms with E-state index in [4.69, 9.17) is 5.26 Å². The molecule has 0 fully saturated rings. The van der Waals surface area contributed by atoms with Crippen LogP contribution in [0.15, 0.2) is 53.4 Å². The van der Waals surface area contributed by atoms with Gasteiger partial charge >= 0.3 is 0 Å². The maximum Gasteiger partial charge on any atom is 0.269 e. The summed E-state index contributed by atoms with van der Waals surface area (Å²) in [5.74, 6) is -0.00212. The summed E-state index contributed by atoms with van der Waals surface area (Å²) in [6.07, 6.45) is 0. The first-order valence-electron chi connectivity index (χ1n) is 8.52. The number of non-ortho nitro benzene ring substituents is 1. The van der Waals surface area contributed by atoms with Gasteiger partial charge in [0.15, 0.2) is 0 Å². The molecular formula is C20H21N3O3S. The van der Waals surface area contributed by atoms with Gasteiger partial charge in [0.25, 0.3) is 5.69 Å². The van der Waals surface area contributed by atoms with Gasteiger partial charge in [-0.25, -0.2) is 0 Å². The van der Waals surface area contributed by atoms with Crippen LogP contribution in [0.2, 0.25) is 0 Å². The lowest BCUT2D eigenvalue weighted by atomic mass is 10.1. The third kappa shape index (κ3) is 5.56. The number of nitrogens with zero attached hydrogens (tertiary/aromatic N) is 3. The summed E-state index contributed by atoms with van der Waals surface area (Å²) in [4.78, 5) is 25.8. The minimum atomic E-state index is -0.443.